The Balaban J connectivity index is 1.61. The largest absolute Gasteiger partial charge is 0.340 e. The molecule has 2 aliphatic rings. The zero-order valence-corrected chi connectivity index (χ0v) is 13.3. The highest BCUT2D eigenvalue weighted by molar-refractivity contribution is 8.14. The minimum absolute atomic E-state index is 0.0554. The maximum Gasteiger partial charge on any atom is 0.289 e. The molecule has 1 unspecified atom stereocenters. The highest BCUT2D eigenvalue weighted by Crippen LogP contribution is 2.26. The molecule has 0 aliphatic carbocycles. The van der Waals surface area contributed by atoms with E-state index in [1.165, 1.54) is 4.90 Å². The lowest BCUT2D eigenvalue weighted by Gasteiger charge is -2.22. The van der Waals surface area contributed by atoms with Gasteiger partial charge in [0.2, 0.25) is 11.8 Å². The zero-order valence-electron chi connectivity index (χ0n) is 12.4. The van der Waals surface area contributed by atoms with Gasteiger partial charge < -0.3 is 4.90 Å². The van der Waals surface area contributed by atoms with Crippen LogP contribution in [0.5, 0.6) is 0 Å². The van der Waals surface area contributed by atoms with Crippen LogP contribution in [0.2, 0.25) is 0 Å². The van der Waals surface area contributed by atoms with Gasteiger partial charge in [-0.25, -0.2) is 0 Å². The van der Waals surface area contributed by atoms with Crippen LogP contribution in [0, 0.1) is 6.92 Å². The van der Waals surface area contributed by atoms with Gasteiger partial charge in [-0.3, -0.25) is 19.3 Å². The molecule has 0 aromatic heterocycles. The molecule has 3 rings (SSSR count). The smallest absolute Gasteiger partial charge is 0.289 e. The average molecular weight is 318 g/mol. The minimum Gasteiger partial charge on any atom is -0.340 e. The summed E-state index contributed by atoms with van der Waals surface area (Å²) >= 11 is 1.05. The van der Waals surface area contributed by atoms with E-state index in [2.05, 4.69) is 0 Å². The fourth-order valence-electron chi connectivity index (χ4n) is 3.00. The first-order valence-corrected chi connectivity index (χ1v) is 8.35. The van der Waals surface area contributed by atoms with Crippen molar-refractivity contribution >= 4 is 28.8 Å². The molecule has 116 valence electrons. The normalized spacial score (nSPS) is 21.8. The Labute approximate surface area is 133 Å². The van der Waals surface area contributed by atoms with Crippen LogP contribution in [0.4, 0.5) is 4.79 Å². The first-order valence-electron chi connectivity index (χ1n) is 7.37. The number of amides is 3. The molecule has 0 saturated carbocycles. The second kappa shape index (κ2) is 6.12. The zero-order chi connectivity index (χ0) is 15.7. The number of hydrogen-bond acceptors (Lipinski definition) is 4. The molecule has 0 radical (unpaired) electrons. The fourth-order valence-corrected chi connectivity index (χ4v) is 3.78. The summed E-state index contributed by atoms with van der Waals surface area (Å²) in [6.07, 6.45) is 1.04. The van der Waals surface area contributed by atoms with Gasteiger partial charge in [-0.05, 0) is 18.9 Å². The van der Waals surface area contributed by atoms with Crippen molar-refractivity contribution in [3.05, 3.63) is 35.4 Å². The fraction of sp³-hybridized carbons (Fsp3) is 0.438. The van der Waals surface area contributed by atoms with Crippen molar-refractivity contribution in [3.63, 3.8) is 0 Å². The maximum atomic E-state index is 12.4. The van der Waals surface area contributed by atoms with E-state index in [0.717, 1.165) is 22.9 Å². The van der Waals surface area contributed by atoms with Crippen molar-refractivity contribution in [2.45, 2.75) is 25.8 Å². The van der Waals surface area contributed by atoms with E-state index in [0.29, 0.717) is 25.9 Å². The Morgan fingerprint density at radius 1 is 1.36 bits per heavy atom. The number of likely N-dealkylation sites (tertiary alicyclic amines) is 1. The number of benzene rings is 1. The van der Waals surface area contributed by atoms with Crippen LogP contribution in [-0.2, 0) is 16.0 Å². The Hall–Kier alpha value is -1.82. The number of rotatable bonds is 3. The van der Waals surface area contributed by atoms with Crippen molar-refractivity contribution in [2.75, 3.05) is 18.8 Å². The summed E-state index contributed by atoms with van der Waals surface area (Å²) in [5.41, 5.74) is 2.13. The summed E-state index contributed by atoms with van der Waals surface area (Å²) in [6, 6.07) is 7.75. The molecule has 2 fully saturated rings. The summed E-state index contributed by atoms with van der Waals surface area (Å²) < 4.78 is 0. The third kappa shape index (κ3) is 3.02. The third-order valence-electron chi connectivity index (χ3n) is 4.10. The molecule has 5 nitrogen and oxygen atoms in total. The van der Waals surface area contributed by atoms with Crippen molar-refractivity contribution in [2.24, 2.45) is 0 Å². The Morgan fingerprint density at radius 3 is 2.86 bits per heavy atom. The third-order valence-corrected chi connectivity index (χ3v) is 4.94. The molecule has 6 heteroatoms. The number of carbonyl (C=O) groups excluding carboxylic acids is 3. The lowest BCUT2D eigenvalue weighted by Crippen LogP contribution is -2.41. The van der Waals surface area contributed by atoms with Gasteiger partial charge in [0.1, 0.15) is 0 Å². The molecule has 2 saturated heterocycles. The van der Waals surface area contributed by atoms with E-state index >= 15 is 0 Å². The molecule has 0 bridgehead atoms. The molecule has 0 spiro atoms. The molecule has 2 heterocycles. The molecule has 0 N–H and O–H groups in total. The SMILES string of the molecule is Cc1cccc(CC(=O)N2CCC(N3C(=O)CSC3=O)C2)c1. The second-order valence-corrected chi connectivity index (χ2v) is 6.69. The molecule has 1 atom stereocenters. The van der Waals surface area contributed by atoms with Gasteiger partial charge in [-0.15, -0.1) is 0 Å². The van der Waals surface area contributed by atoms with Gasteiger partial charge in [0, 0.05) is 13.1 Å². The standard InChI is InChI=1S/C16H18N2O3S/c1-11-3-2-4-12(7-11)8-14(19)17-6-5-13(9-17)18-15(20)10-22-16(18)21/h2-4,7,13H,5-6,8-10H2,1H3. The summed E-state index contributed by atoms with van der Waals surface area (Å²) in [5.74, 6) is 0.153. The number of imide groups is 1. The van der Waals surface area contributed by atoms with Crippen LogP contribution < -0.4 is 0 Å². The van der Waals surface area contributed by atoms with Gasteiger partial charge in [0.25, 0.3) is 5.24 Å². The topological polar surface area (TPSA) is 57.7 Å². The van der Waals surface area contributed by atoms with E-state index in [1.807, 2.05) is 31.2 Å². The number of thioether (sulfide) groups is 1. The first-order chi connectivity index (χ1) is 10.5. The van der Waals surface area contributed by atoms with Crippen LogP contribution >= 0.6 is 11.8 Å². The Morgan fingerprint density at radius 2 is 2.18 bits per heavy atom. The lowest BCUT2D eigenvalue weighted by atomic mass is 10.1. The number of hydrogen-bond donors (Lipinski definition) is 0. The number of nitrogens with zero attached hydrogens (tertiary/aromatic N) is 2. The second-order valence-electron chi connectivity index (χ2n) is 5.77. The molecule has 22 heavy (non-hydrogen) atoms. The molecular formula is C16H18N2O3S. The van der Waals surface area contributed by atoms with Crippen LogP contribution in [0.1, 0.15) is 17.5 Å². The average Bonchev–Trinajstić information content (AvgIpc) is 3.06. The van der Waals surface area contributed by atoms with Crippen LogP contribution in [0.25, 0.3) is 0 Å². The van der Waals surface area contributed by atoms with E-state index in [-0.39, 0.29) is 28.8 Å². The molecule has 3 amide bonds. The first kappa shape index (κ1) is 15.1. The predicted molar refractivity (Wildman–Crippen MR) is 84.6 cm³/mol. The van der Waals surface area contributed by atoms with Gasteiger partial charge in [0.15, 0.2) is 0 Å². The van der Waals surface area contributed by atoms with Gasteiger partial charge in [-0.1, -0.05) is 41.6 Å². The Kier molecular flexibility index (Phi) is 4.20. The van der Waals surface area contributed by atoms with E-state index in [1.54, 1.807) is 4.90 Å². The van der Waals surface area contributed by atoms with Gasteiger partial charge in [-0.2, -0.15) is 0 Å². The van der Waals surface area contributed by atoms with Crippen LogP contribution in [0.3, 0.4) is 0 Å². The summed E-state index contributed by atoms with van der Waals surface area (Å²) in [4.78, 5) is 39.0. The number of carbonyl (C=O) groups is 3. The predicted octanol–water partition coefficient (Wildman–Crippen LogP) is 1.83. The van der Waals surface area contributed by atoms with Crippen LogP contribution in [0.15, 0.2) is 24.3 Å². The molecule has 2 aliphatic heterocycles. The molecule has 1 aromatic rings. The lowest BCUT2D eigenvalue weighted by molar-refractivity contribution is -0.131. The highest BCUT2D eigenvalue weighted by atomic mass is 32.2. The van der Waals surface area contributed by atoms with Crippen LogP contribution in [-0.4, -0.2) is 51.7 Å². The number of aryl methyl sites for hydroxylation is 1. The molecule has 1 aromatic carbocycles. The van der Waals surface area contributed by atoms with Gasteiger partial charge in [0.05, 0.1) is 18.2 Å². The summed E-state index contributed by atoms with van der Waals surface area (Å²) in [6.45, 7) is 3.07. The van der Waals surface area contributed by atoms with E-state index in [9.17, 15) is 14.4 Å². The highest BCUT2D eigenvalue weighted by Gasteiger charge is 2.40. The maximum absolute atomic E-state index is 12.4. The minimum atomic E-state index is -0.178. The van der Waals surface area contributed by atoms with Gasteiger partial charge >= 0.3 is 0 Å². The molecular weight excluding hydrogens is 300 g/mol. The summed E-state index contributed by atoms with van der Waals surface area (Å²) in [5, 5.41) is -0.178. The van der Waals surface area contributed by atoms with E-state index in [4.69, 9.17) is 0 Å². The Bertz CT molecular complexity index is 616. The van der Waals surface area contributed by atoms with Crippen molar-refractivity contribution in [3.8, 4) is 0 Å². The van der Waals surface area contributed by atoms with E-state index < -0.39 is 0 Å². The summed E-state index contributed by atoms with van der Waals surface area (Å²) in [7, 11) is 0. The quantitative estimate of drug-likeness (QED) is 0.853. The monoisotopic (exact) mass is 318 g/mol. The van der Waals surface area contributed by atoms with Crippen molar-refractivity contribution < 1.29 is 14.4 Å². The van der Waals surface area contributed by atoms with Crippen molar-refractivity contribution in [1.82, 2.24) is 9.80 Å². The van der Waals surface area contributed by atoms with Crippen molar-refractivity contribution in [1.29, 1.82) is 0 Å².